The summed E-state index contributed by atoms with van der Waals surface area (Å²) in [7, 11) is 0. The van der Waals surface area contributed by atoms with Gasteiger partial charge in [-0.3, -0.25) is 0 Å². The number of hydrogen-bond acceptors (Lipinski definition) is 2. The van der Waals surface area contributed by atoms with E-state index in [1.54, 1.807) is 0 Å². The molecule has 1 fully saturated rings. The van der Waals surface area contributed by atoms with Gasteiger partial charge in [0.1, 0.15) is 18.0 Å². The molecule has 1 unspecified atom stereocenters. The zero-order valence-electron chi connectivity index (χ0n) is 19.8. The van der Waals surface area contributed by atoms with Crippen LogP contribution in [0.4, 0.5) is 0 Å². The third-order valence-electron chi connectivity index (χ3n) is 6.08. The molecule has 30 heavy (non-hydrogen) atoms. The van der Waals surface area contributed by atoms with Crippen LogP contribution in [-0.2, 0) is 11.2 Å². The lowest BCUT2D eigenvalue weighted by Gasteiger charge is -2.09. The van der Waals surface area contributed by atoms with Crippen LogP contribution >= 0.6 is 0 Å². The van der Waals surface area contributed by atoms with Gasteiger partial charge >= 0.3 is 0 Å². The lowest BCUT2D eigenvalue weighted by atomic mass is 10.0. The predicted octanol–water partition coefficient (Wildman–Crippen LogP) is 8.43. The fourth-order valence-electron chi connectivity index (χ4n) is 3.77. The Labute approximate surface area is 186 Å². The fourth-order valence-corrected chi connectivity index (χ4v) is 3.77. The van der Waals surface area contributed by atoms with Gasteiger partial charge in [0.25, 0.3) is 0 Å². The molecule has 0 saturated carbocycles. The standard InChI is InChI=1S/C28H46O2/c1-3-4-5-6-7-8-9-10-11-12-13-14-15-16-17-18-19-26-20-22-27(23-21-26)29-24-28(2)25-30-28/h12-13,20-23H,3-11,14-19,24-25H2,1-2H3/b13-12+. The van der Waals surface area contributed by atoms with Crippen LogP contribution < -0.4 is 4.74 Å². The molecule has 0 N–H and O–H groups in total. The zero-order chi connectivity index (χ0) is 21.3. The van der Waals surface area contributed by atoms with Crippen molar-refractivity contribution in [3.05, 3.63) is 42.0 Å². The summed E-state index contributed by atoms with van der Waals surface area (Å²) >= 11 is 0. The molecule has 1 heterocycles. The quantitative estimate of drug-likeness (QED) is 0.129. The minimum atomic E-state index is -0.0403. The summed E-state index contributed by atoms with van der Waals surface area (Å²) in [5.41, 5.74) is 1.38. The van der Waals surface area contributed by atoms with Gasteiger partial charge in [0, 0.05) is 0 Å². The number of unbranched alkanes of at least 4 members (excludes halogenated alkanes) is 12. The van der Waals surface area contributed by atoms with Gasteiger partial charge in [-0.05, 0) is 63.1 Å². The van der Waals surface area contributed by atoms with Crippen LogP contribution in [0.2, 0.25) is 0 Å². The van der Waals surface area contributed by atoms with Crippen LogP contribution in [0.1, 0.15) is 109 Å². The Bertz CT molecular complexity index is 557. The van der Waals surface area contributed by atoms with Crippen molar-refractivity contribution >= 4 is 0 Å². The maximum Gasteiger partial charge on any atom is 0.123 e. The van der Waals surface area contributed by atoms with Gasteiger partial charge in [-0.1, -0.05) is 89.0 Å². The largest absolute Gasteiger partial charge is 0.491 e. The van der Waals surface area contributed by atoms with E-state index in [0.29, 0.717) is 6.61 Å². The minimum Gasteiger partial charge on any atom is -0.491 e. The van der Waals surface area contributed by atoms with Crippen molar-refractivity contribution in [2.24, 2.45) is 0 Å². The van der Waals surface area contributed by atoms with Gasteiger partial charge in [-0.15, -0.1) is 0 Å². The Morgan fingerprint density at radius 2 is 1.33 bits per heavy atom. The van der Waals surface area contributed by atoms with Crippen LogP contribution in [0.15, 0.2) is 36.4 Å². The molecule has 0 aliphatic carbocycles. The van der Waals surface area contributed by atoms with Gasteiger partial charge in [-0.2, -0.15) is 0 Å². The van der Waals surface area contributed by atoms with Gasteiger partial charge in [0.15, 0.2) is 0 Å². The van der Waals surface area contributed by atoms with E-state index >= 15 is 0 Å². The van der Waals surface area contributed by atoms with E-state index in [9.17, 15) is 0 Å². The SMILES string of the molecule is CCCCCCCCCC/C=C/CCCCCCc1ccc(OCC2(C)CO2)cc1. The highest BCUT2D eigenvalue weighted by Gasteiger charge is 2.40. The van der Waals surface area contributed by atoms with Crippen molar-refractivity contribution in [1.82, 2.24) is 0 Å². The number of epoxide rings is 1. The Kier molecular flexibility index (Phi) is 12.9. The van der Waals surface area contributed by atoms with E-state index in [4.69, 9.17) is 9.47 Å². The Morgan fingerprint density at radius 3 is 1.90 bits per heavy atom. The molecule has 1 aromatic carbocycles. The molecule has 1 aliphatic rings. The number of allylic oxidation sites excluding steroid dienone is 2. The predicted molar refractivity (Wildman–Crippen MR) is 129 cm³/mol. The first-order chi connectivity index (χ1) is 14.7. The fraction of sp³-hybridized carbons (Fsp3) is 0.714. The summed E-state index contributed by atoms with van der Waals surface area (Å²) < 4.78 is 11.1. The Balaban J connectivity index is 1.35. The average Bonchev–Trinajstić information content (AvgIpc) is 3.50. The Morgan fingerprint density at radius 1 is 0.800 bits per heavy atom. The average molecular weight is 415 g/mol. The second kappa shape index (κ2) is 15.5. The van der Waals surface area contributed by atoms with Crippen LogP contribution in [-0.4, -0.2) is 18.8 Å². The van der Waals surface area contributed by atoms with Gasteiger partial charge < -0.3 is 9.47 Å². The number of rotatable bonds is 19. The molecule has 1 aromatic rings. The number of aryl methyl sites for hydroxylation is 1. The highest BCUT2D eigenvalue weighted by molar-refractivity contribution is 5.27. The first kappa shape index (κ1) is 25.0. The molecule has 0 aromatic heterocycles. The monoisotopic (exact) mass is 414 g/mol. The molecule has 2 nitrogen and oxygen atoms in total. The molecule has 1 saturated heterocycles. The smallest absolute Gasteiger partial charge is 0.123 e. The van der Waals surface area contributed by atoms with Crippen LogP contribution in [0.25, 0.3) is 0 Å². The lowest BCUT2D eigenvalue weighted by molar-refractivity contribution is 0.202. The van der Waals surface area contributed by atoms with E-state index in [1.165, 1.54) is 102 Å². The normalized spacial score (nSPS) is 18.2. The molecule has 0 radical (unpaired) electrons. The lowest BCUT2D eigenvalue weighted by Crippen LogP contribution is -2.16. The van der Waals surface area contributed by atoms with Crippen molar-refractivity contribution in [3.63, 3.8) is 0 Å². The van der Waals surface area contributed by atoms with Crippen molar-refractivity contribution in [3.8, 4) is 5.75 Å². The highest BCUT2D eigenvalue weighted by Crippen LogP contribution is 2.27. The number of hydrogen-bond donors (Lipinski definition) is 0. The van der Waals surface area contributed by atoms with E-state index in [-0.39, 0.29) is 5.60 Å². The zero-order valence-corrected chi connectivity index (χ0v) is 19.8. The maximum absolute atomic E-state index is 5.79. The molecule has 1 aliphatic heterocycles. The Hall–Kier alpha value is -1.28. The van der Waals surface area contributed by atoms with E-state index < -0.39 is 0 Å². The minimum absolute atomic E-state index is 0.0403. The highest BCUT2D eigenvalue weighted by atomic mass is 16.6. The molecule has 1 atom stereocenters. The molecule has 170 valence electrons. The maximum atomic E-state index is 5.79. The first-order valence-electron chi connectivity index (χ1n) is 12.7. The topological polar surface area (TPSA) is 21.8 Å². The van der Waals surface area contributed by atoms with Gasteiger partial charge in [0.05, 0.1) is 6.61 Å². The van der Waals surface area contributed by atoms with Crippen molar-refractivity contribution in [1.29, 1.82) is 0 Å². The van der Waals surface area contributed by atoms with Gasteiger partial charge in [-0.25, -0.2) is 0 Å². The summed E-state index contributed by atoms with van der Waals surface area (Å²) in [6.07, 6.45) is 25.2. The van der Waals surface area contributed by atoms with Crippen LogP contribution in [0.3, 0.4) is 0 Å². The first-order valence-corrected chi connectivity index (χ1v) is 12.7. The summed E-state index contributed by atoms with van der Waals surface area (Å²) in [6, 6.07) is 8.61. The molecule has 0 amide bonds. The van der Waals surface area contributed by atoms with Crippen LogP contribution in [0.5, 0.6) is 5.75 Å². The third kappa shape index (κ3) is 12.4. The summed E-state index contributed by atoms with van der Waals surface area (Å²) in [4.78, 5) is 0. The molecule has 2 heteroatoms. The van der Waals surface area contributed by atoms with E-state index in [0.717, 1.165) is 12.4 Å². The molecule has 0 spiro atoms. The molecular weight excluding hydrogens is 368 g/mol. The van der Waals surface area contributed by atoms with Crippen LogP contribution in [0, 0.1) is 0 Å². The number of ether oxygens (including phenoxy) is 2. The number of benzene rings is 1. The third-order valence-corrected chi connectivity index (χ3v) is 6.08. The second-order valence-electron chi connectivity index (χ2n) is 9.36. The molecule has 0 bridgehead atoms. The summed E-state index contributed by atoms with van der Waals surface area (Å²) in [6.45, 7) is 5.85. The molecular formula is C28H46O2. The van der Waals surface area contributed by atoms with E-state index in [2.05, 4.69) is 50.3 Å². The second-order valence-corrected chi connectivity index (χ2v) is 9.36. The van der Waals surface area contributed by atoms with Crippen molar-refractivity contribution in [2.75, 3.05) is 13.2 Å². The van der Waals surface area contributed by atoms with Crippen molar-refractivity contribution in [2.45, 2.75) is 116 Å². The summed E-state index contributed by atoms with van der Waals surface area (Å²) in [5, 5.41) is 0. The van der Waals surface area contributed by atoms with Crippen molar-refractivity contribution < 1.29 is 9.47 Å². The summed E-state index contributed by atoms with van der Waals surface area (Å²) in [5.74, 6) is 0.953. The van der Waals surface area contributed by atoms with E-state index in [1.807, 2.05) is 0 Å². The molecule has 2 rings (SSSR count). The van der Waals surface area contributed by atoms with Gasteiger partial charge in [0.2, 0.25) is 0 Å².